The molecule has 54 valence electrons. The van der Waals surface area contributed by atoms with Crippen LogP contribution in [0.4, 0.5) is 0 Å². The topological polar surface area (TPSA) is 27.1 Å². The molecule has 0 saturated carbocycles. The molecule has 0 spiro atoms. The predicted molar refractivity (Wildman–Crippen MR) is 37.1 cm³/mol. The first-order valence-corrected chi connectivity index (χ1v) is 3.51. The van der Waals surface area contributed by atoms with Crippen LogP contribution in [-0.2, 0) is 13.0 Å². The van der Waals surface area contributed by atoms with Crippen LogP contribution in [0.5, 0.6) is 5.88 Å². The molecule has 1 aliphatic rings. The van der Waals surface area contributed by atoms with Crippen LogP contribution in [0, 0.1) is 0 Å². The van der Waals surface area contributed by atoms with Crippen LogP contribution < -0.4 is 4.74 Å². The van der Waals surface area contributed by atoms with Crippen molar-refractivity contribution in [1.82, 2.24) is 9.78 Å². The highest BCUT2D eigenvalue weighted by Crippen LogP contribution is 2.18. The summed E-state index contributed by atoms with van der Waals surface area (Å²) in [5.74, 6) is 0.745. The summed E-state index contributed by atoms with van der Waals surface area (Å²) in [5, 5.41) is 4.20. The molecule has 10 heavy (non-hydrogen) atoms. The Kier molecular flexibility index (Phi) is 1.16. The molecule has 0 unspecified atom stereocenters. The van der Waals surface area contributed by atoms with Gasteiger partial charge in [0.05, 0.1) is 7.11 Å². The summed E-state index contributed by atoms with van der Waals surface area (Å²) in [6.45, 7) is 1.05. The minimum Gasteiger partial charge on any atom is -0.480 e. The second-order valence-electron chi connectivity index (χ2n) is 2.50. The van der Waals surface area contributed by atoms with Gasteiger partial charge in [-0.05, 0) is 12.8 Å². The molecule has 0 saturated heterocycles. The first-order chi connectivity index (χ1) is 4.90. The van der Waals surface area contributed by atoms with Gasteiger partial charge in [0.1, 0.15) is 0 Å². The molecule has 3 nitrogen and oxygen atoms in total. The van der Waals surface area contributed by atoms with Gasteiger partial charge in [-0.15, -0.1) is 5.10 Å². The van der Waals surface area contributed by atoms with E-state index in [9.17, 15) is 0 Å². The van der Waals surface area contributed by atoms with Crippen LogP contribution in [0.15, 0.2) is 6.07 Å². The standard InChI is InChI=1S/C7H10N2O/c1-10-7-5-6-3-2-4-9(6)8-7/h5H,2-4H2,1H3. The second kappa shape index (κ2) is 2.01. The van der Waals surface area contributed by atoms with Gasteiger partial charge >= 0.3 is 0 Å². The Hall–Kier alpha value is -0.990. The molecule has 0 atom stereocenters. The average molecular weight is 138 g/mol. The number of aryl methyl sites for hydroxylation is 2. The lowest BCUT2D eigenvalue weighted by Crippen LogP contribution is -1.94. The van der Waals surface area contributed by atoms with E-state index in [0.717, 1.165) is 18.8 Å². The molecule has 1 aliphatic heterocycles. The number of aromatic nitrogens is 2. The van der Waals surface area contributed by atoms with Crippen molar-refractivity contribution in [1.29, 1.82) is 0 Å². The van der Waals surface area contributed by atoms with Crippen molar-refractivity contribution in [3.63, 3.8) is 0 Å². The minimum absolute atomic E-state index is 0.745. The molecule has 2 heterocycles. The lowest BCUT2D eigenvalue weighted by Gasteiger charge is -1.91. The Morgan fingerprint density at radius 1 is 1.70 bits per heavy atom. The van der Waals surface area contributed by atoms with Gasteiger partial charge < -0.3 is 4.74 Å². The van der Waals surface area contributed by atoms with Gasteiger partial charge in [0.15, 0.2) is 0 Å². The maximum absolute atomic E-state index is 4.98. The molecular formula is C7H10N2O. The number of nitrogens with zero attached hydrogens (tertiary/aromatic N) is 2. The van der Waals surface area contributed by atoms with E-state index < -0.39 is 0 Å². The zero-order chi connectivity index (χ0) is 6.97. The van der Waals surface area contributed by atoms with E-state index in [0.29, 0.717) is 0 Å². The molecule has 3 heteroatoms. The SMILES string of the molecule is COc1cc2n(n1)CCC2. The van der Waals surface area contributed by atoms with Crippen LogP contribution in [0.25, 0.3) is 0 Å². The van der Waals surface area contributed by atoms with Gasteiger partial charge in [-0.2, -0.15) is 0 Å². The number of ether oxygens (including phenoxy) is 1. The minimum atomic E-state index is 0.745. The van der Waals surface area contributed by atoms with Gasteiger partial charge in [0.25, 0.3) is 0 Å². The van der Waals surface area contributed by atoms with Gasteiger partial charge in [-0.1, -0.05) is 0 Å². The molecular weight excluding hydrogens is 128 g/mol. The number of fused-ring (bicyclic) bond motifs is 1. The van der Waals surface area contributed by atoms with Crippen molar-refractivity contribution < 1.29 is 4.74 Å². The second-order valence-corrected chi connectivity index (χ2v) is 2.50. The summed E-state index contributed by atoms with van der Waals surface area (Å²) in [6, 6.07) is 2.01. The smallest absolute Gasteiger partial charge is 0.232 e. The van der Waals surface area contributed by atoms with Gasteiger partial charge in [-0.25, -0.2) is 0 Å². The number of hydrogen-bond acceptors (Lipinski definition) is 2. The zero-order valence-electron chi connectivity index (χ0n) is 6.00. The monoisotopic (exact) mass is 138 g/mol. The lowest BCUT2D eigenvalue weighted by atomic mass is 10.3. The Morgan fingerprint density at radius 2 is 2.60 bits per heavy atom. The van der Waals surface area contributed by atoms with Crippen LogP contribution in [-0.4, -0.2) is 16.9 Å². The maximum atomic E-state index is 4.98. The van der Waals surface area contributed by atoms with E-state index in [1.54, 1.807) is 7.11 Å². The molecule has 0 aromatic carbocycles. The third-order valence-corrected chi connectivity index (χ3v) is 1.85. The largest absolute Gasteiger partial charge is 0.480 e. The molecule has 0 amide bonds. The summed E-state index contributed by atoms with van der Waals surface area (Å²) in [5.41, 5.74) is 1.30. The van der Waals surface area contributed by atoms with E-state index in [4.69, 9.17) is 4.74 Å². The number of methoxy groups -OCH3 is 1. The normalized spacial score (nSPS) is 15.3. The Bertz CT molecular complexity index is 220. The molecule has 2 rings (SSSR count). The molecule has 0 aliphatic carbocycles. The van der Waals surface area contributed by atoms with E-state index in [1.807, 2.05) is 10.7 Å². The third kappa shape index (κ3) is 0.701. The van der Waals surface area contributed by atoms with Crippen molar-refractivity contribution in [3.8, 4) is 5.88 Å². The number of hydrogen-bond donors (Lipinski definition) is 0. The lowest BCUT2D eigenvalue weighted by molar-refractivity contribution is 0.389. The van der Waals surface area contributed by atoms with Crippen molar-refractivity contribution in [3.05, 3.63) is 11.8 Å². The summed E-state index contributed by atoms with van der Waals surface area (Å²) in [4.78, 5) is 0. The highest BCUT2D eigenvalue weighted by atomic mass is 16.5. The van der Waals surface area contributed by atoms with Gasteiger partial charge in [-0.3, -0.25) is 4.68 Å². The highest BCUT2D eigenvalue weighted by Gasteiger charge is 2.12. The van der Waals surface area contributed by atoms with Crippen LogP contribution >= 0.6 is 0 Å². The molecule has 1 aromatic rings. The average Bonchev–Trinajstić information content (AvgIpc) is 2.42. The van der Waals surface area contributed by atoms with Crippen LogP contribution in [0.3, 0.4) is 0 Å². The first-order valence-electron chi connectivity index (χ1n) is 3.51. The number of rotatable bonds is 1. The Labute approximate surface area is 59.6 Å². The van der Waals surface area contributed by atoms with E-state index in [2.05, 4.69) is 5.10 Å². The van der Waals surface area contributed by atoms with E-state index >= 15 is 0 Å². The first kappa shape index (κ1) is 5.77. The Balaban J connectivity index is 2.37. The summed E-state index contributed by atoms with van der Waals surface area (Å²) < 4.78 is 6.99. The van der Waals surface area contributed by atoms with Crippen molar-refractivity contribution >= 4 is 0 Å². The van der Waals surface area contributed by atoms with Crippen molar-refractivity contribution in [2.45, 2.75) is 19.4 Å². The van der Waals surface area contributed by atoms with Gasteiger partial charge in [0.2, 0.25) is 5.88 Å². The predicted octanol–water partition coefficient (Wildman–Crippen LogP) is 0.838. The molecule has 0 N–H and O–H groups in total. The third-order valence-electron chi connectivity index (χ3n) is 1.85. The maximum Gasteiger partial charge on any atom is 0.232 e. The molecule has 1 aromatic heterocycles. The molecule has 0 bridgehead atoms. The molecule has 0 radical (unpaired) electrons. The van der Waals surface area contributed by atoms with Crippen LogP contribution in [0.1, 0.15) is 12.1 Å². The quantitative estimate of drug-likeness (QED) is 0.575. The summed E-state index contributed by atoms with van der Waals surface area (Å²) in [6.07, 6.45) is 2.38. The zero-order valence-corrected chi connectivity index (χ0v) is 6.00. The molecule has 0 fully saturated rings. The fourth-order valence-corrected chi connectivity index (χ4v) is 1.33. The highest BCUT2D eigenvalue weighted by molar-refractivity contribution is 5.17. The van der Waals surface area contributed by atoms with Crippen LogP contribution in [0.2, 0.25) is 0 Å². The van der Waals surface area contributed by atoms with Gasteiger partial charge in [0, 0.05) is 18.3 Å². The van der Waals surface area contributed by atoms with Crippen molar-refractivity contribution in [2.75, 3.05) is 7.11 Å². The summed E-state index contributed by atoms with van der Waals surface area (Å²) >= 11 is 0. The van der Waals surface area contributed by atoms with Crippen molar-refractivity contribution in [2.24, 2.45) is 0 Å². The fraction of sp³-hybridized carbons (Fsp3) is 0.571. The fourth-order valence-electron chi connectivity index (χ4n) is 1.33. The van der Waals surface area contributed by atoms with E-state index in [-0.39, 0.29) is 0 Å². The van der Waals surface area contributed by atoms with E-state index in [1.165, 1.54) is 12.1 Å². The Morgan fingerprint density at radius 3 is 3.30 bits per heavy atom. The summed E-state index contributed by atoms with van der Waals surface area (Å²) in [7, 11) is 1.65.